The van der Waals surface area contributed by atoms with Crippen molar-refractivity contribution in [3.8, 4) is 11.5 Å². The van der Waals surface area contributed by atoms with Gasteiger partial charge in [0.1, 0.15) is 6.10 Å². The van der Waals surface area contributed by atoms with Crippen LogP contribution < -0.4 is 4.74 Å². The number of likely N-dealkylation sites (N-methyl/N-ethyl adjacent to an activating group) is 1. The molecule has 0 amide bonds. The lowest BCUT2D eigenvalue weighted by Gasteiger charge is -2.56. The number of halogens is 1. The fraction of sp³-hybridized carbons (Fsp3) is 0.529. The molecular formula is C17H18FNO2. The summed E-state index contributed by atoms with van der Waals surface area (Å²) in [5, 5.41) is 10.2. The Balaban J connectivity index is 1.84. The molecule has 0 unspecified atom stereocenters. The van der Waals surface area contributed by atoms with E-state index < -0.39 is 12.3 Å². The van der Waals surface area contributed by atoms with E-state index in [1.54, 1.807) is 12.1 Å². The summed E-state index contributed by atoms with van der Waals surface area (Å²) in [5.41, 5.74) is 2.03. The van der Waals surface area contributed by atoms with E-state index in [1.165, 1.54) is 5.56 Å². The molecule has 110 valence electrons. The van der Waals surface area contributed by atoms with Gasteiger partial charge in [0.2, 0.25) is 0 Å². The van der Waals surface area contributed by atoms with Crippen LogP contribution in [0.4, 0.5) is 4.39 Å². The molecule has 2 aliphatic heterocycles. The molecule has 2 bridgehead atoms. The number of nitrogens with zero attached hydrogens (tertiary/aromatic N) is 1. The molecule has 1 N–H and O–H groups in total. The van der Waals surface area contributed by atoms with Gasteiger partial charge in [-0.15, -0.1) is 0 Å². The summed E-state index contributed by atoms with van der Waals surface area (Å²) in [6.07, 6.45) is 3.99. The minimum Gasteiger partial charge on any atom is -0.504 e. The number of aromatic hydroxyl groups is 1. The zero-order valence-electron chi connectivity index (χ0n) is 11.9. The number of phenols is 1. The molecule has 2 aliphatic carbocycles. The van der Waals surface area contributed by atoms with Gasteiger partial charge in [0.25, 0.3) is 0 Å². The summed E-state index contributed by atoms with van der Waals surface area (Å²) < 4.78 is 20.5. The van der Waals surface area contributed by atoms with Crippen LogP contribution >= 0.6 is 0 Å². The Hall–Kier alpha value is -1.55. The monoisotopic (exact) mass is 287 g/mol. The summed E-state index contributed by atoms with van der Waals surface area (Å²) in [6.45, 7) is 0.954. The average molecular weight is 287 g/mol. The molecule has 21 heavy (non-hydrogen) atoms. The molecule has 0 radical (unpaired) electrons. The lowest BCUT2D eigenvalue weighted by molar-refractivity contribution is -0.0245. The number of rotatable bonds is 0. The van der Waals surface area contributed by atoms with Crippen molar-refractivity contribution in [2.24, 2.45) is 5.92 Å². The Labute approximate surface area is 123 Å². The molecule has 5 atom stereocenters. The van der Waals surface area contributed by atoms with E-state index in [-0.39, 0.29) is 17.1 Å². The molecule has 0 saturated carbocycles. The minimum absolute atomic E-state index is 0.154. The maximum Gasteiger partial charge on any atom is 0.165 e. The van der Waals surface area contributed by atoms with Crippen LogP contribution in [-0.2, 0) is 11.8 Å². The number of piperidine rings is 1. The van der Waals surface area contributed by atoms with Crippen molar-refractivity contribution in [3.63, 3.8) is 0 Å². The number of hydrogen-bond acceptors (Lipinski definition) is 3. The summed E-state index contributed by atoms with van der Waals surface area (Å²) in [7, 11) is 2.16. The van der Waals surface area contributed by atoms with Crippen LogP contribution in [0, 0.1) is 5.92 Å². The van der Waals surface area contributed by atoms with Gasteiger partial charge in [-0.1, -0.05) is 18.2 Å². The fourth-order valence-corrected chi connectivity index (χ4v) is 5.21. The fourth-order valence-electron chi connectivity index (χ4n) is 5.21. The molecule has 1 fully saturated rings. The summed E-state index contributed by atoms with van der Waals surface area (Å²) >= 11 is 0. The van der Waals surface area contributed by atoms with Crippen molar-refractivity contribution in [1.29, 1.82) is 0 Å². The third-order valence-electron chi connectivity index (χ3n) is 6.12. The highest BCUT2D eigenvalue weighted by molar-refractivity contribution is 5.61. The molecular weight excluding hydrogens is 269 g/mol. The lowest BCUT2D eigenvalue weighted by atomic mass is 9.53. The van der Waals surface area contributed by atoms with E-state index in [9.17, 15) is 9.50 Å². The molecule has 3 nitrogen and oxygen atoms in total. The number of likely N-dealkylation sites (tertiary alicyclic amines) is 1. The minimum atomic E-state index is -1.09. The maximum absolute atomic E-state index is 14.5. The van der Waals surface area contributed by atoms with Gasteiger partial charge in [0, 0.05) is 22.9 Å². The first-order chi connectivity index (χ1) is 10.1. The summed E-state index contributed by atoms with van der Waals surface area (Å²) in [5.74, 6) is 0.974. The Morgan fingerprint density at radius 1 is 1.38 bits per heavy atom. The van der Waals surface area contributed by atoms with Crippen molar-refractivity contribution in [3.05, 3.63) is 35.4 Å². The second-order valence-corrected chi connectivity index (χ2v) is 6.88. The van der Waals surface area contributed by atoms with E-state index >= 15 is 0 Å². The zero-order chi connectivity index (χ0) is 14.4. The number of benzene rings is 1. The number of ether oxygens (including phenoxy) is 1. The van der Waals surface area contributed by atoms with Crippen LogP contribution in [0.3, 0.4) is 0 Å². The third kappa shape index (κ3) is 1.20. The van der Waals surface area contributed by atoms with Crippen LogP contribution in [0.5, 0.6) is 11.5 Å². The Morgan fingerprint density at radius 2 is 2.24 bits per heavy atom. The molecule has 1 aromatic carbocycles. The Kier molecular flexibility index (Phi) is 2.07. The predicted octanol–water partition coefficient (Wildman–Crippen LogP) is 2.18. The van der Waals surface area contributed by atoms with E-state index in [2.05, 4.69) is 18.0 Å². The van der Waals surface area contributed by atoms with Crippen molar-refractivity contribution < 1.29 is 14.2 Å². The highest BCUT2D eigenvalue weighted by atomic mass is 19.1. The molecule has 0 aromatic heterocycles. The van der Waals surface area contributed by atoms with Crippen LogP contribution in [0.1, 0.15) is 17.5 Å². The molecule has 1 spiro atoms. The highest BCUT2D eigenvalue weighted by Gasteiger charge is 2.64. The molecule has 5 rings (SSSR count). The largest absolute Gasteiger partial charge is 0.504 e. The van der Waals surface area contributed by atoms with Gasteiger partial charge in [0.05, 0.1) is 0 Å². The molecule has 4 heteroatoms. The van der Waals surface area contributed by atoms with Crippen molar-refractivity contribution in [2.45, 2.75) is 36.6 Å². The predicted molar refractivity (Wildman–Crippen MR) is 76.5 cm³/mol. The molecule has 4 aliphatic rings. The quantitative estimate of drug-likeness (QED) is 0.742. The standard InChI is InChI=1S/C17H18FNO2/c1-19-7-6-17-10-3-4-11(18)16(17)21-15-13(20)5-2-9(14(15)17)8-12(10)19/h2-5,10-12,16,20H,6-8H2,1H3/t10-,11-,12+,16-,17-/m0/s1. The lowest BCUT2D eigenvalue weighted by Crippen LogP contribution is -2.64. The molecule has 2 heterocycles. The number of phenolic OH excluding ortho intramolecular Hbond substituents is 1. The molecule has 1 saturated heterocycles. The first kappa shape index (κ1) is 12.0. The van der Waals surface area contributed by atoms with Crippen molar-refractivity contribution in [1.82, 2.24) is 4.90 Å². The average Bonchev–Trinajstić information content (AvgIpc) is 2.83. The third-order valence-corrected chi connectivity index (χ3v) is 6.12. The smallest absolute Gasteiger partial charge is 0.165 e. The van der Waals surface area contributed by atoms with E-state index in [0.717, 1.165) is 24.9 Å². The number of hydrogen-bond donors (Lipinski definition) is 1. The van der Waals surface area contributed by atoms with Crippen molar-refractivity contribution >= 4 is 0 Å². The van der Waals surface area contributed by atoms with Crippen LogP contribution in [-0.4, -0.2) is 41.9 Å². The van der Waals surface area contributed by atoms with E-state index in [4.69, 9.17) is 4.74 Å². The first-order valence-corrected chi connectivity index (χ1v) is 7.67. The van der Waals surface area contributed by atoms with Gasteiger partial charge in [-0.25, -0.2) is 4.39 Å². The van der Waals surface area contributed by atoms with E-state index in [0.29, 0.717) is 11.8 Å². The number of alkyl halides is 1. The topological polar surface area (TPSA) is 32.7 Å². The second-order valence-electron chi connectivity index (χ2n) is 6.88. The highest BCUT2D eigenvalue weighted by Crippen LogP contribution is 2.62. The first-order valence-electron chi connectivity index (χ1n) is 7.67. The van der Waals surface area contributed by atoms with Gasteiger partial charge in [-0.05, 0) is 38.1 Å². The van der Waals surface area contributed by atoms with Gasteiger partial charge in [-0.2, -0.15) is 0 Å². The summed E-state index contributed by atoms with van der Waals surface area (Å²) in [4.78, 5) is 2.39. The van der Waals surface area contributed by atoms with Gasteiger partial charge in [0.15, 0.2) is 17.7 Å². The van der Waals surface area contributed by atoms with Crippen LogP contribution in [0.25, 0.3) is 0 Å². The Morgan fingerprint density at radius 3 is 3.10 bits per heavy atom. The zero-order valence-corrected chi connectivity index (χ0v) is 11.9. The SMILES string of the molecule is CN1CC[C@]23c4c5ccc(O)c4O[C@H]2[C@@H](F)C=C[C@H]3[C@H]1C5. The van der Waals surface area contributed by atoms with Crippen molar-refractivity contribution in [2.75, 3.05) is 13.6 Å². The van der Waals surface area contributed by atoms with Gasteiger partial charge >= 0.3 is 0 Å². The van der Waals surface area contributed by atoms with Gasteiger partial charge < -0.3 is 14.7 Å². The maximum atomic E-state index is 14.5. The van der Waals surface area contributed by atoms with E-state index in [1.807, 2.05) is 6.07 Å². The summed E-state index contributed by atoms with van der Waals surface area (Å²) in [6, 6.07) is 4.09. The van der Waals surface area contributed by atoms with Crippen LogP contribution in [0.2, 0.25) is 0 Å². The normalized spacial score (nSPS) is 42.6. The second kappa shape index (κ2) is 3.61. The van der Waals surface area contributed by atoms with Crippen LogP contribution in [0.15, 0.2) is 24.3 Å². The Bertz CT molecular complexity index is 673. The molecule has 1 aromatic rings. The van der Waals surface area contributed by atoms with Gasteiger partial charge in [-0.3, -0.25) is 0 Å².